The largest absolute Gasteiger partial charge is 0.360 e. The summed E-state index contributed by atoms with van der Waals surface area (Å²) in [7, 11) is 0. The Bertz CT molecular complexity index is 601. The van der Waals surface area contributed by atoms with Crippen molar-refractivity contribution in [3.63, 3.8) is 0 Å². The molecule has 2 aromatic rings. The molecule has 0 aliphatic carbocycles. The van der Waals surface area contributed by atoms with E-state index in [0.29, 0.717) is 6.04 Å². The van der Waals surface area contributed by atoms with Crippen LogP contribution in [0.3, 0.4) is 0 Å². The van der Waals surface area contributed by atoms with Gasteiger partial charge >= 0.3 is 0 Å². The summed E-state index contributed by atoms with van der Waals surface area (Å²) in [5.74, 6) is 0.966. The fraction of sp³-hybridized carbons (Fsp3) is 0.625. The Morgan fingerprint density at radius 3 is 2.71 bits per heavy atom. The van der Waals surface area contributed by atoms with Crippen LogP contribution >= 0.6 is 0 Å². The molecule has 21 heavy (non-hydrogen) atoms. The van der Waals surface area contributed by atoms with Crippen LogP contribution in [-0.2, 0) is 13.1 Å². The Kier molecular flexibility index (Phi) is 4.10. The van der Waals surface area contributed by atoms with Gasteiger partial charge in [0.15, 0.2) is 5.76 Å². The lowest BCUT2D eigenvalue weighted by Gasteiger charge is -2.35. The molecule has 0 amide bonds. The zero-order chi connectivity index (χ0) is 14.8. The third kappa shape index (κ3) is 3.35. The first-order valence-electron chi connectivity index (χ1n) is 7.79. The fourth-order valence-electron chi connectivity index (χ4n) is 3.23. The molecule has 0 radical (unpaired) electrons. The molecular weight excluding hydrogens is 264 g/mol. The minimum absolute atomic E-state index is 0.530. The normalized spacial score (nSPS) is 20.0. The van der Waals surface area contributed by atoms with Gasteiger partial charge in [-0.3, -0.25) is 9.58 Å². The number of nitrogens with zero attached hydrogens (tertiary/aromatic N) is 4. The lowest BCUT2D eigenvalue weighted by molar-refractivity contribution is 0.109. The second kappa shape index (κ2) is 6.02. The van der Waals surface area contributed by atoms with Crippen LogP contribution in [0.1, 0.15) is 42.1 Å². The summed E-state index contributed by atoms with van der Waals surface area (Å²) in [6, 6.07) is 4.71. The van der Waals surface area contributed by atoms with Gasteiger partial charge in [0, 0.05) is 17.8 Å². The van der Waals surface area contributed by atoms with Gasteiger partial charge in [-0.15, -0.1) is 0 Å². The van der Waals surface area contributed by atoms with Gasteiger partial charge in [-0.2, -0.15) is 5.10 Å². The lowest BCUT2D eigenvalue weighted by atomic mass is 10.0. The predicted molar refractivity (Wildman–Crippen MR) is 81.0 cm³/mol. The molecule has 1 atom stereocenters. The fourth-order valence-corrected chi connectivity index (χ4v) is 3.23. The summed E-state index contributed by atoms with van der Waals surface area (Å²) < 4.78 is 7.52. The summed E-state index contributed by atoms with van der Waals surface area (Å²) in [6.45, 7) is 9.10. The van der Waals surface area contributed by atoms with Crippen molar-refractivity contribution in [2.24, 2.45) is 0 Å². The minimum Gasteiger partial charge on any atom is -0.360 e. The molecule has 0 aromatic carbocycles. The minimum atomic E-state index is 0.530. The zero-order valence-corrected chi connectivity index (χ0v) is 13.2. The van der Waals surface area contributed by atoms with Crippen molar-refractivity contribution in [3.05, 3.63) is 35.0 Å². The molecule has 0 bridgehead atoms. The van der Waals surface area contributed by atoms with E-state index in [-0.39, 0.29) is 0 Å². The predicted octanol–water partition coefficient (Wildman–Crippen LogP) is 2.85. The summed E-state index contributed by atoms with van der Waals surface area (Å²) in [5, 5.41) is 8.59. The average molecular weight is 288 g/mol. The zero-order valence-electron chi connectivity index (χ0n) is 13.2. The highest BCUT2D eigenvalue weighted by Gasteiger charge is 2.24. The van der Waals surface area contributed by atoms with E-state index in [2.05, 4.69) is 39.8 Å². The second-order valence-electron chi connectivity index (χ2n) is 6.16. The van der Waals surface area contributed by atoms with Crippen molar-refractivity contribution in [1.29, 1.82) is 0 Å². The molecule has 1 unspecified atom stereocenters. The molecule has 5 heteroatoms. The van der Waals surface area contributed by atoms with Gasteiger partial charge in [-0.1, -0.05) is 11.6 Å². The van der Waals surface area contributed by atoms with E-state index < -0.39 is 0 Å². The number of hydrogen-bond acceptors (Lipinski definition) is 4. The van der Waals surface area contributed by atoms with E-state index in [1.165, 1.54) is 25.0 Å². The van der Waals surface area contributed by atoms with Crippen LogP contribution in [0, 0.1) is 20.8 Å². The molecule has 0 N–H and O–H groups in total. The molecule has 3 heterocycles. The maximum absolute atomic E-state index is 5.38. The standard InChI is InChI=1S/C16H24N4O/c1-12-8-14(3)20(17-12)10-15-6-4-5-7-19(15)11-16-9-13(2)18-21-16/h8-9,15H,4-7,10-11H2,1-3H3. The summed E-state index contributed by atoms with van der Waals surface area (Å²) >= 11 is 0. The van der Waals surface area contributed by atoms with Gasteiger partial charge in [-0.05, 0) is 46.2 Å². The maximum Gasteiger partial charge on any atom is 0.150 e. The van der Waals surface area contributed by atoms with Crippen molar-refractivity contribution in [1.82, 2.24) is 19.8 Å². The van der Waals surface area contributed by atoms with Crippen LogP contribution in [-0.4, -0.2) is 32.4 Å². The van der Waals surface area contributed by atoms with Crippen molar-refractivity contribution < 1.29 is 4.52 Å². The van der Waals surface area contributed by atoms with E-state index in [1.54, 1.807) is 0 Å². The number of rotatable bonds is 4. The van der Waals surface area contributed by atoms with Gasteiger partial charge < -0.3 is 4.52 Å². The Morgan fingerprint density at radius 2 is 2.05 bits per heavy atom. The molecule has 1 fully saturated rings. The van der Waals surface area contributed by atoms with E-state index in [1.807, 2.05) is 13.0 Å². The molecule has 0 saturated carbocycles. The molecule has 1 aliphatic heterocycles. The van der Waals surface area contributed by atoms with Crippen LogP contribution in [0.25, 0.3) is 0 Å². The third-order valence-corrected chi connectivity index (χ3v) is 4.27. The van der Waals surface area contributed by atoms with Crippen molar-refractivity contribution in [2.75, 3.05) is 6.54 Å². The van der Waals surface area contributed by atoms with Crippen LogP contribution in [0.4, 0.5) is 0 Å². The molecule has 1 aliphatic rings. The number of aromatic nitrogens is 3. The lowest BCUT2D eigenvalue weighted by Crippen LogP contribution is -2.41. The van der Waals surface area contributed by atoms with E-state index >= 15 is 0 Å². The molecule has 114 valence electrons. The number of aryl methyl sites for hydroxylation is 3. The average Bonchev–Trinajstić information content (AvgIpc) is 2.98. The second-order valence-corrected chi connectivity index (χ2v) is 6.16. The Hall–Kier alpha value is -1.62. The van der Waals surface area contributed by atoms with E-state index in [0.717, 1.165) is 36.8 Å². The van der Waals surface area contributed by atoms with E-state index in [9.17, 15) is 0 Å². The Balaban J connectivity index is 1.70. The highest BCUT2D eigenvalue weighted by molar-refractivity contribution is 5.07. The quantitative estimate of drug-likeness (QED) is 0.868. The smallest absolute Gasteiger partial charge is 0.150 e. The highest BCUT2D eigenvalue weighted by Crippen LogP contribution is 2.21. The van der Waals surface area contributed by atoms with Gasteiger partial charge in [0.25, 0.3) is 0 Å². The van der Waals surface area contributed by atoms with Gasteiger partial charge in [0.2, 0.25) is 0 Å². The molecular formula is C16H24N4O. The van der Waals surface area contributed by atoms with E-state index in [4.69, 9.17) is 4.52 Å². The Morgan fingerprint density at radius 1 is 1.19 bits per heavy atom. The summed E-state index contributed by atoms with van der Waals surface area (Å²) in [6.07, 6.45) is 3.79. The topological polar surface area (TPSA) is 47.1 Å². The van der Waals surface area contributed by atoms with Crippen molar-refractivity contribution in [3.8, 4) is 0 Å². The van der Waals surface area contributed by atoms with Gasteiger partial charge in [-0.25, -0.2) is 0 Å². The first-order chi connectivity index (χ1) is 10.1. The molecule has 5 nitrogen and oxygen atoms in total. The first-order valence-corrected chi connectivity index (χ1v) is 7.79. The van der Waals surface area contributed by atoms with Crippen molar-refractivity contribution in [2.45, 2.75) is 59.2 Å². The molecule has 0 spiro atoms. The molecule has 2 aromatic heterocycles. The summed E-state index contributed by atoms with van der Waals surface area (Å²) in [5.41, 5.74) is 3.30. The number of piperidine rings is 1. The molecule has 1 saturated heterocycles. The third-order valence-electron chi connectivity index (χ3n) is 4.27. The van der Waals surface area contributed by atoms with Gasteiger partial charge in [0.05, 0.1) is 24.5 Å². The van der Waals surface area contributed by atoms with Crippen LogP contribution in [0.15, 0.2) is 16.7 Å². The van der Waals surface area contributed by atoms with Crippen molar-refractivity contribution >= 4 is 0 Å². The Labute approximate surface area is 125 Å². The SMILES string of the molecule is Cc1cc(CN2CCCCC2Cn2nc(C)cc2C)on1. The number of likely N-dealkylation sites (tertiary alicyclic amines) is 1. The van der Waals surface area contributed by atoms with Crippen LogP contribution < -0.4 is 0 Å². The molecule has 3 rings (SSSR count). The summed E-state index contributed by atoms with van der Waals surface area (Å²) in [4.78, 5) is 2.51. The number of hydrogen-bond donors (Lipinski definition) is 0. The maximum atomic E-state index is 5.38. The van der Waals surface area contributed by atoms with Crippen LogP contribution in [0.2, 0.25) is 0 Å². The highest BCUT2D eigenvalue weighted by atomic mass is 16.5. The first kappa shape index (κ1) is 14.3. The van der Waals surface area contributed by atoms with Gasteiger partial charge in [0.1, 0.15) is 0 Å². The van der Waals surface area contributed by atoms with Crippen LogP contribution in [0.5, 0.6) is 0 Å². The monoisotopic (exact) mass is 288 g/mol.